The number of nitrogens with one attached hydrogen (secondary N) is 1. The molecule has 2 heterocycles. The van der Waals surface area contributed by atoms with Gasteiger partial charge in [-0.3, -0.25) is 24.8 Å². The minimum Gasteiger partial charge on any atom is -0.295 e. The molecule has 20 heavy (non-hydrogen) atoms. The molecule has 1 N–H and O–H groups in total. The molecular weight excluding hydrogens is 254 g/mol. The van der Waals surface area contributed by atoms with Crippen molar-refractivity contribution < 1.29 is 9.59 Å². The van der Waals surface area contributed by atoms with Crippen LogP contribution in [0.4, 0.5) is 0 Å². The Hall–Kier alpha value is -2.53. The predicted molar refractivity (Wildman–Crippen MR) is 72.9 cm³/mol. The van der Waals surface area contributed by atoms with E-state index in [1.54, 1.807) is 36.7 Å². The zero-order valence-corrected chi connectivity index (χ0v) is 10.7. The van der Waals surface area contributed by atoms with Gasteiger partial charge in [0.15, 0.2) is 0 Å². The van der Waals surface area contributed by atoms with Crippen molar-refractivity contribution in [3.8, 4) is 0 Å². The summed E-state index contributed by atoms with van der Waals surface area (Å²) in [4.78, 5) is 29.4. The van der Waals surface area contributed by atoms with Crippen LogP contribution < -0.4 is 5.32 Å². The number of hydrogen-bond acceptors (Lipinski definition) is 4. The van der Waals surface area contributed by atoms with Crippen LogP contribution in [0.25, 0.3) is 0 Å². The SMILES string of the molecule is O=C1c2ccccc2C(=O)N1CNCc1cccnc1. The van der Waals surface area contributed by atoms with Gasteiger partial charge >= 0.3 is 0 Å². The summed E-state index contributed by atoms with van der Waals surface area (Å²) in [6, 6.07) is 10.7. The number of nitrogens with zero attached hydrogens (tertiary/aromatic N) is 2. The van der Waals surface area contributed by atoms with Crippen molar-refractivity contribution in [2.75, 3.05) is 6.67 Å². The molecule has 0 saturated carbocycles. The summed E-state index contributed by atoms with van der Waals surface area (Å²) in [7, 11) is 0. The van der Waals surface area contributed by atoms with Gasteiger partial charge in [0.2, 0.25) is 0 Å². The minimum absolute atomic E-state index is 0.196. The third kappa shape index (κ3) is 2.19. The number of fused-ring (bicyclic) bond motifs is 1. The first-order chi connectivity index (χ1) is 9.77. The van der Waals surface area contributed by atoms with Gasteiger partial charge in [-0.25, -0.2) is 0 Å². The van der Waals surface area contributed by atoms with Crippen molar-refractivity contribution in [2.24, 2.45) is 0 Å². The molecule has 100 valence electrons. The van der Waals surface area contributed by atoms with Gasteiger partial charge in [0.05, 0.1) is 17.8 Å². The predicted octanol–water partition coefficient (Wildman–Crippen LogP) is 1.42. The van der Waals surface area contributed by atoms with E-state index in [1.807, 2.05) is 12.1 Å². The Morgan fingerprint density at radius 1 is 1.00 bits per heavy atom. The van der Waals surface area contributed by atoms with E-state index in [-0.39, 0.29) is 18.5 Å². The molecule has 0 radical (unpaired) electrons. The maximum atomic E-state index is 12.1. The van der Waals surface area contributed by atoms with Gasteiger partial charge in [-0.05, 0) is 23.8 Å². The summed E-state index contributed by atoms with van der Waals surface area (Å²) in [5.74, 6) is -0.492. The van der Waals surface area contributed by atoms with E-state index in [0.717, 1.165) is 5.56 Å². The maximum absolute atomic E-state index is 12.1. The lowest BCUT2D eigenvalue weighted by Crippen LogP contribution is -2.38. The Kier molecular flexibility index (Phi) is 3.26. The number of rotatable bonds is 4. The molecule has 0 unspecified atom stereocenters. The molecule has 1 aliphatic heterocycles. The fourth-order valence-corrected chi connectivity index (χ4v) is 2.20. The first kappa shape index (κ1) is 12.5. The van der Waals surface area contributed by atoms with E-state index in [9.17, 15) is 9.59 Å². The Bertz CT molecular complexity index is 620. The molecule has 1 aromatic heterocycles. The number of aromatic nitrogens is 1. The number of amides is 2. The molecule has 1 aromatic carbocycles. The molecule has 0 saturated heterocycles. The Morgan fingerprint density at radius 3 is 2.30 bits per heavy atom. The number of carbonyl (C=O) groups is 2. The van der Waals surface area contributed by atoms with Crippen LogP contribution >= 0.6 is 0 Å². The number of pyridine rings is 1. The van der Waals surface area contributed by atoms with Gasteiger partial charge < -0.3 is 0 Å². The van der Waals surface area contributed by atoms with E-state index >= 15 is 0 Å². The number of hydrogen-bond donors (Lipinski definition) is 1. The van der Waals surface area contributed by atoms with Crippen LogP contribution in [0.1, 0.15) is 26.3 Å². The number of carbonyl (C=O) groups excluding carboxylic acids is 2. The molecule has 5 nitrogen and oxygen atoms in total. The van der Waals surface area contributed by atoms with E-state index in [4.69, 9.17) is 0 Å². The summed E-state index contributed by atoms with van der Waals surface area (Å²) < 4.78 is 0. The smallest absolute Gasteiger partial charge is 0.262 e. The van der Waals surface area contributed by atoms with Crippen molar-refractivity contribution in [3.63, 3.8) is 0 Å². The second kappa shape index (κ2) is 5.22. The van der Waals surface area contributed by atoms with Crippen LogP contribution in [0, 0.1) is 0 Å². The van der Waals surface area contributed by atoms with Crippen molar-refractivity contribution in [2.45, 2.75) is 6.54 Å². The summed E-state index contributed by atoms with van der Waals surface area (Å²) in [5.41, 5.74) is 1.95. The average Bonchev–Trinajstić information content (AvgIpc) is 2.74. The fraction of sp³-hybridized carbons (Fsp3) is 0.133. The summed E-state index contributed by atoms with van der Waals surface area (Å²) in [5, 5.41) is 3.08. The van der Waals surface area contributed by atoms with Gasteiger partial charge in [-0.1, -0.05) is 18.2 Å². The zero-order chi connectivity index (χ0) is 13.9. The van der Waals surface area contributed by atoms with Gasteiger partial charge in [-0.15, -0.1) is 0 Å². The zero-order valence-electron chi connectivity index (χ0n) is 10.7. The normalized spacial score (nSPS) is 13.7. The van der Waals surface area contributed by atoms with Crippen LogP contribution in [-0.4, -0.2) is 28.4 Å². The molecule has 2 amide bonds. The quantitative estimate of drug-likeness (QED) is 0.851. The Labute approximate surface area is 116 Å². The minimum atomic E-state index is -0.246. The lowest BCUT2D eigenvalue weighted by Gasteiger charge is -2.14. The van der Waals surface area contributed by atoms with E-state index < -0.39 is 0 Å². The largest absolute Gasteiger partial charge is 0.295 e. The molecule has 0 fully saturated rings. The third-order valence-corrected chi connectivity index (χ3v) is 3.20. The molecule has 3 rings (SSSR count). The van der Waals surface area contributed by atoms with Gasteiger partial charge in [0.1, 0.15) is 0 Å². The molecule has 5 heteroatoms. The highest BCUT2D eigenvalue weighted by Crippen LogP contribution is 2.21. The molecule has 0 spiro atoms. The van der Waals surface area contributed by atoms with E-state index in [2.05, 4.69) is 10.3 Å². The highest BCUT2D eigenvalue weighted by molar-refractivity contribution is 6.21. The lowest BCUT2D eigenvalue weighted by molar-refractivity contribution is 0.0641. The Morgan fingerprint density at radius 2 is 1.70 bits per heavy atom. The molecule has 0 bridgehead atoms. The van der Waals surface area contributed by atoms with Crippen LogP contribution in [-0.2, 0) is 6.54 Å². The number of benzene rings is 1. The summed E-state index contributed by atoms with van der Waals surface area (Å²) in [6.45, 7) is 0.752. The molecular formula is C15H13N3O2. The monoisotopic (exact) mass is 267 g/mol. The van der Waals surface area contributed by atoms with Crippen LogP contribution in [0.2, 0.25) is 0 Å². The highest BCUT2D eigenvalue weighted by atomic mass is 16.2. The molecule has 0 atom stereocenters. The van der Waals surface area contributed by atoms with Crippen LogP contribution in [0.3, 0.4) is 0 Å². The first-order valence-electron chi connectivity index (χ1n) is 6.32. The van der Waals surface area contributed by atoms with E-state index in [1.165, 1.54) is 4.90 Å². The van der Waals surface area contributed by atoms with Crippen LogP contribution in [0.5, 0.6) is 0 Å². The van der Waals surface area contributed by atoms with Crippen molar-refractivity contribution >= 4 is 11.8 Å². The second-order valence-electron chi connectivity index (χ2n) is 4.53. The van der Waals surface area contributed by atoms with Crippen LogP contribution in [0.15, 0.2) is 48.8 Å². The Balaban J connectivity index is 1.65. The topological polar surface area (TPSA) is 62.3 Å². The summed E-state index contributed by atoms with van der Waals surface area (Å²) >= 11 is 0. The van der Waals surface area contributed by atoms with Crippen molar-refractivity contribution in [1.29, 1.82) is 0 Å². The molecule has 2 aromatic rings. The molecule has 1 aliphatic rings. The second-order valence-corrected chi connectivity index (χ2v) is 4.53. The highest BCUT2D eigenvalue weighted by Gasteiger charge is 2.34. The van der Waals surface area contributed by atoms with E-state index in [0.29, 0.717) is 17.7 Å². The number of imide groups is 1. The van der Waals surface area contributed by atoms with Gasteiger partial charge in [0, 0.05) is 18.9 Å². The average molecular weight is 267 g/mol. The fourth-order valence-electron chi connectivity index (χ4n) is 2.20. The molecule has 0 aliphatic carbocycles. The maximum Gasteiger partial charge on any atom is 0.262 e. The summed E-state index contributed by atoms with van der Waals surface area (Å²) in [6.07, 6.45) is 3.45. The van der Waals surface area contributed by atoms with Crippen molar-refractivity contribution in [3.05, 3.63) is 65.5 Å². The third-order valence-electron chi connectivity index (χ3n) is 3.20. The first-order valence-corrected chi connectivity index (χ1v) is 6.32. The van der Waals surface area contributed by atoms with Gasteiger partial charge in [-0.2, -0.15) is 0 Å². The van der Waals surface area contributed by atoms with Crippen molar-refractivity contribution in [1.82, 2.24) is 15.2 Å². The lowest BCUT2D eigenvalue weighted by atomic mass is 10.1. The standard InChI is InChI=1S/C15H13N3O2/c19-14-12-5-1-2-6-13(12)15(20)18(14)10-17-9-11-4-3-7-16-8-11/h1-8,17H,9-10H2. The van der Waals surface area contributed by atoms with Gasteiger partial charge in [0.25, 0.3) is 11.8 Å².